The van der Waals surface area contributed by atoms with Crippen LogP contribution in [0.15, 0.2) is 28.8 Å². The number of halogens is 2. The Morgan fingerprint density at radius 3 is 2.16 bits per heavy atom. The summed E-state index contributed by atoms with van der Waals surface area (Å²) in [6, 6.07) is 5.23. The Hall–Kier alpha value is -1.82. The minimum atomic E-state index is -2.48. The topological polar surface area (TPSA) is 64.9 Å². The molecule has 6 heteroatoms. The number of nitrogens with zero attached hydrogens (tertiary/aromatic N) is 2. The summed E-state index contributed by atoms with van der Waals surface area (Å²) in [4.78, 5) is 4.19. The van der Waals surface area contributed by atoms with E-state index in [1.807, 2.05) is 13.8 Å². The van der Waals surface area contributed by atoms with Gasteiger partial charge in [0.25, 0.3) is 6.43 Å². The first kappa shape index (κ1) is 13.6. The lowest BCUT2D eigenvalue weighted by Crippen LogP contribution is -2.13. The summed E-state index contributed by atoms with van der Waals surface area (Å²) in [7, 11) is 0. The Morgan fingerprint density at radius 2 is 1.68 bits per heavy atom. The zero-order valence-corrected chi connectivity index (χ0v) is 10.7. The normalized spacial score (nSPS) is 13.2. The molecular formula is C13H15F2N3O. The first-order chi connectivity index (χ1) is 8.99. The first-order valence-electron chi connectivity index (χ1n) is 5.96. The van der Waals surface area contributed by atoms with E-state index >= 15 is 0 Å². The third kappa shape index (κ3) is 2.96. The maximum absolute atomic E-state index is 12.4. The highest BCUT2D eigenvalue weighted by atomic mass is 19.3. The van der Waals surface area contributed by atoms with Crippen LogP contribution in [0.1, 0.15) is 55.1 Å². The van der Waals surface area contributed by atoms with Crippen molar-refractivity contribution in [2.75, 3.05) is 0 Å². The van der Waals surface area contributed by atoms with Crippen molar-refractivity contribution in [1.82, 2.24) is 10.1 Å². The molecule has 1 unspecified atom stereocenters. The average Bonchev–Trinajstić information content (AvgIpc) is 2.87. The summed E-state index contributed by atoms with van der Waals surface area (Å²) in [6.07, 6.45) is -2.48. The molecule has 0 bridgehead atoms. The third-order valence-electron chi connectivity index (χ3n) is 2.78. The standard InChI is InChI=1S/C13H15F2N3O/c1-7(2)13-17-12(18-19-13)10(16)8-3-5-9(6-4-8)11(14)15/h3-7,10-11H,16H2,1-2H3. The zero-order valence-electron chi connectivity index (χ0n) is 10.7. The molecule has 0 saturated heterocycles. The van der Waals surface area contributed by atoms with E-state index in [4.69, 9.17) is 10.3 Å². The van der Waals surface area contributed by atoms with Gasteiger partial charge >= 0.3 is 0 Å². The fraction of sp³-hybridized carbons (Fsp3) is 0.385. The van der Waals surface area contributed by atoms with Crippen LogP contribution >= 0.6 is 0 Å². The molecule has 1 heterocycles. The van der Waals surface area contributed by atoms with Gasteiger partial charge in [0.15, 0.2) is 5.82 Å². The molecule has 0 aliphatic rings. The molecule has 0 saturated carbocycles. The summed E-state index contributed by atoms with van der Waals surface area (Å²) in [5, 5.41) is 3.81. The van der Waals surface area contributed by atoms with Crippen LogP contribution in [0.25, 0.3) is 0 Å². The van der Waals surface area contributed by atoms with Crippen molar-refractivity contribution in [3.8, 4) is 0 Å². The third-order valence-corrected chi connectivity index (χ3v) is 2.78. The second-order valence-corrected chi connectivity index (χ2v) is 4.59. The van der Waals surface area contributed by atoms with Crippen LogP contribution < -0.4 is 5.73 Å². The Bertz CT molecular complexity index is 537. The Kier molecular flexibility index (Phi) is 3.90. The van der Waals surface area contributed by atoms with Gasteiger partial charge in [-0.3, -0.25) is 0 Å². The lowest BCUT2D eigenvalue weighted by atomic mass is 10.1. The van der Waals surface area contributed by atoms with Crippen molar-refractivity contribution >= 4 is 0 Å². The molecule has 2 aromatic rings. The summed E-state index contributed by atoms with van der Waals surface area (Å²) in [6.45, 7) is 3.86. The molecule has 1 aromatic carbocycles. The van der Waals surface area contributed by atoms with E-state index in [0.717, 1.165) is 0 Å². The van der Waals surface area contributed by atoms with E-state index in [1.165, 1.54) is 12.1 Å². The summed E-state index contributed by atoms with van der Waals surface area (Å²) in [5.41, 5.74) is 6.62. The van der Waals surface area contributed by atoms with Crippen molar-refractivity contribution in [1.29, 1.82) is 0 Å². The van der Waals surface area contributed by atoms with Gasteiger partial charge in [-0.1, -0.05) is 43.3 Å². The number of rotatable bonds is 4. The largest absolute Gasteiger partial charge is 0.339 e. The quantitative estimate of drug-likeness (QED) is 0.924. The van der Waals surface area contributed by atoms with Crippen molar-refractivity contribution in [2.24, 2.45) is 5.73 Å². The lowest BCUT2D eigenvalue weighted by Gasteiger charge is -2.08. The minimum Gasteiger partial charge on any atom is -0.339 e. The first-order valence-corrected chi connectivity index (χ1v) is 5.96. The van der Waals surface area contributed by atoms with Gasteiger partial charge in [-0.25, -0.2) is 8.78 Å². The van der Waals surface area contributed by atoms with E-state index < -0.39 is 12.5 Å². The summed E-state index contributed by atoms with van der Waals surface area (Å²) >= 11 is 0. The molecule has 0 aliphatic heterocycles. The maximum atomic E-state index is 12.4. The number of hydrogen-bond acceptors (Lipinski definition) is 4. The molecule has 102 valence electrons. The Morgan fingerprint density at radius 1 is 1.11 bits per heavy atom. The molecule has 1 atom stereocenters. The number of alkyl halides is 2. The van der Waals surface area contributed by atoms with E-state index in [-0.39, 0.29) is 11.5 Å². The average molecular weight is 267 g/mol. The predicted octanol–water partition coefficient (Wildman–Crippen LogP) is 3.18. The SMILES string of the molecule is CC(C)c1nc(C(N)c2ccc(C(F)F)cc2)no1. The molecule has 0 aliphatic carbocycles. The molecule has 0 amide bonds. The number of nitrogens with two attached hydrogens (primary N) is 1. The molecule has 0 radical (unpaired) electrons. The molecule has 19 heavy (non-hydrogen) atoms. The van der Waals surface area contributed by atoms with Crippen LogP contribution in [0.5, 0.6) is 0 Å². The van der Waals surface area contributed by atoms with Gasteiger partial charge in [-0.15, -0.1) is 0 Å². The molecule has 1 aromatic heterocycles. The van der Waals surface area contributed by atoms with Gasteiger partial charge in [0.05, 0.1) is 6.04 Å². The van der Waals surface area contributed by atoms with Gasteiger partial charge in [0.1, 0.15) is 0 Å². The molecule has 0 fully saturated rings. The van der Waals surface area contributed by atoms with E-state index in [1.54, 1.807) is 12.1 Å². The van der Waals surface area contributed by atoms with Gasteiger partial charge < -0.3 is 10.3 Å². The molecule has 2 rings (SSSR count). The predicted molar refractivity (Wildman–Crippen MR) is 65.8 cm³/mol. The summed E-state index contributed by atoms with van der Waals surface area (Å²) < 4.78 is 30.0. The molecule has 2 N–H and O–H groups in total. The van der Waals surface area contributed by atoms with Crippen molar-refractivity contribution in [3.63, 3.8) is 0 Å². The summed E-state index contributed by atoms with van der Waals surface area (Å²) in [5.74, 6) is 0.984. The Balaban J connectivity index is 2.20. The van der Waals surface area contributed by atoms with Gasteiger partial charge in [0, 0.05) is 11.5 Å². The van der Waals surface area contributed by atoms with Crippen LogP contribution in [0, 0.1) is 0 Å². The van der Waals surface area contributed by atoms with Crippen LogP contribution in [0.2, 0.25) is 0 Å². The Labute approximate surface area is 109 Å². The minimum absolute atomic E-state index is 0.0352. The van der Waals surface area contributed by atoms with Crippen LogP contribution in [-0.2, 0) is 0 Å². The maximum Gasteiger partial charge on any atom is 0.263 e. The highest BCUT2D eigenvalue weighted by molar-refractivity contribution is 5.28. The highest BCUT2D eigenvalue weighted by Gasteiger charge is 2.18. The lowest BCUT2D eigenvalue weighted by molar-refractivity contribution is 0.151. The fourth-order valence-electron chi connectivity index (χ4n) is 1.61. The van der Waals surface area contributed by atoms with E-state index in [0.29, 0.717) is 17.3 Å². The van der Waals surface area contributed by atoms with E-state index in [9.17, 15) is 8.78 Å². The monoisotopic (exact) mass is 267 g/mol. The van der Waals surface area contributed by atoms with Gasteiger partial charge in [0.2, 0.25) is 5.89 Å². The second kappa shape index (κ2) is 5.44. The van der Waals surface area contributed by atoms with Crippen LogP contribution in [-0.4, -0.2) is 10.1 Å². The number of hydrogen-bond donors (Lipinski definition) is 1. The molecular weight excluding hydrogens is 252 g/mol. The smallest absolute Gasteiger partial charge is 0.263 e. The van der Waals surface area contributed by atoms with Crippen LogP contribution in [0.3, 0.4) is 0 Å². The second-order valence-electron chi connectivity index (χ2n) is 4.59. The van der Waals surface area contributed by atoms with Gasteiger partial charge in [-0.2, -0.15) is 4.98 Å². The molecule has 0 spiro atoms. The van der Waals surface area contributed by atoms with Crippen molar-refractivity contribution in [3.05, 3.63) is 47.1 Å². The van der Waals surface area contributed by atoms with Crippen molar-refractivity contribution in [2.45, 2.75) is 32.2 Å². The van der Waals surface area contributed by atoms with Crippen molar-refractivity contribution < 1.29 is 13.3 Å². The fourth-order valence-corrected chi connectivity index (χ4v) is 1.61. The number of aromatic nitrogens is 2. The number of benzene rings is 1. The van der Waals surface area contributed by atoms with E-state index in [2.05, 4.69) is 10.1 Å². The zero-order chi connectivity index (χ0) is 14.0. The molecule has 4 nitrogen and oxygen atoms in total. The van der Waals surface area contributed by atoms with Crippen LogP contribution in [0.4, 0.5) is 8.78 Å². The highest BCUT2D eigenvalue weighted by Crippen LogP contribution is 2.23. The van der Waals surface area contributed by atoms with Gasteiger partial charge in [-0.05, 0) is 5.56 Å².